The Morgan fingerprint density at radius 3 is 2.68 bits per heavy atom. The molecule has 196 valence electrons. The lowest BCUT2D eigenvalue weighted by Crippen LogP contribution is -2.55. The van der Waals surface area contributed by atoms with Crippen molar-refractivity contribution < 1.29 is 23.6 Å². The first-order chi connectivity index (χ1) is 18.5. The zero-order chi connectivity index (χ0) is 26.4. The van der Waals surface area contributed by atoms with Gasteiger partial charge in [-0.05, 0) is 49.6 Å². The third-order valence-electron chi connectivity index (χ3n) is 8.09. The molecule has 3 aromatic rings. The Hall–Kier alpha value is -3.98. The van der Waals surface area contributed by atoms with E-state index in [0.717, 1.165) is 18.4 Å². The van der Waals surface area contributed by atoms with Gasteiger partial charge in [0.25, 0.3) is 11.9 Å². The fourth-order valence-electron chi connectivity index (χ4n) is 6.67. The minimum Gasteiger partial charge on any atom is -0.490 e. The quantitative estimate of drug-likeness (QED) is 0.356. The summed E-state index contributed by atoms with van der Waals surface area (Å²) in [6, 6.07) is 17.6. The maximum Gasteiger partial charge on any atom is 0.256 e. The first-order valence-corrected chi connectivity index (χ1v) is 12.9. The monoisotopic (exact) mass is 517 g/mol. The Balaban J connectivity index is 1.41. The average molecular weight is 518 g/mol. The Labute approximate surface area is 219 Å². The fraction of sp³-hybridized carbons (Fsp3) is 0.345. The second-order valence-corrected chi connectivity index (χ2v) is 9.94. The van der Waals surface area contributed by atoms with E-state index in [1.807, 2.05) is 31.2 Å². The zero-order valence-electron chi connectivity index (χ0n) is 20.9. The molecule has 3 aliphatic rings. The van der Waals surface area contributed by atoms with Crippen LogP contribution in [0.5, 0.6) is 11.5 Å². The highest BCUT2D eigenvalue weighted by Gasteiger charge is 2.73. The van der Waals surface area contributed by atoms with Crippen molar-refractivity contribution >= 4 is 11.6 Å². The first-order valence-electron chi connectivity index (χ1n) is 12.9. The van der Waals surface area contributed by atoms with Crippen LogP contribution >= 0.6 is 0 Å². The van der Waals surface area contributed by atoms with Gasteiger partial charge in [-0.2, -0.15) is 0 Å². The minimum absolute atomic E-state index is 0.0174. The lowest BCUT2D eigenvalue weighted by atomic mass is 9.77. The highest BCUT2D eigenvalue weighted by atomic mass is 19.1. The highest BCUT2D eigenvalue weighted by Crippen LogP contribution is 2.58. The second kappa shape index (κ2) is 9.40. The van der Waals surface area contributed by atoms with Crippen molar-refractivity contribution in [2.45, 2.75) is 49.9 Å². The molecule has 3 aliphatic heterocycles. The standard InChI is InChI=1S/C29H28FN3O5/c1-2-37-25-16-18(13-14-24(25)38-17-19-8-3-5-10-21(19)30)26-23-12-7-15-32(23)29(27(26)33(35)36)20-9-4-6-11-22(20)31-28(29)34/h3-6,8-11,13-14,16,23,26-27H,2,7,12,15,17H2,1H3,(H,31,34)/t23-,26+,27-,29-/m0/s1. The summed E-state index contributed by atoms with van der Waals surface area (Å²) in [4.78, 5) is 28.2. The van der Waals surface area contributed by atoms with Crippen molar-refractivity contribution in [3.8, 4) is 11.5 Å². The van der Waals surface area contributed by atoms with E-state index in [2.05, 4.69) is 10.2 Å². The van der Waals surface area contributed by atoms with Gasteiger partial charge in [-0.1, -0.05) is 42.5 Å². The number of nitro groups is 1. The number of carbonyl (C=O) groups is 1. The molecule has 3 aromatic carbocycles. The van der Waals surface area contributed by atoms with Crippen LogP contribution in [0.25, 0.3) is 0 Å². The van der Waals surface area contributed by atoms with Crippen LogP contribution in [0.2, 0.25) is 0 Å². The Kier molecular flexibility index (Phi) is 6.03. The van der Waals surface area contributed by atoms with Gasteiger partial charge in [-0.15, -0.1) is 0 Å². The van der Waals surface area contributed by atoms with Crippen LogP contribution in [0.15, 0.2) is 66.7 Å². The van der Waals surface area contributed by atoms with Gasteiger partial charge in [0.05, 0.1) is 12.5 Å². The summed E-state index contributed by atoms with van der Waals surface area (Å²) in [5, 5.41) is 15.7. The van der Waals surface area contributed by atoms with Gasteiger partial charge >= 0.3 is 0 Å². The van der Waals surface area contributed by atoms with E-state index >= 15 is 0 Å². The smallest absolute Gasteiger partial charge is 0.256 e. The molecule has 3 heterocycles. The van der Waals surface area contributed by atoms with Gasteiger partial charge in [0.1, 0.15) is 12.4 Å². The normalized spacial score (nSPS) is 25.7. The lowest BCUT2D eigenvalue weighted by molar-refractivity contribution is -0.534. The summed E-state index contributed by atoms with van der Waals surface area (Å²) in [5.74, 6) is -0.376. The third-order valence-corrected chi connectivity index (χ3v) is 8.09. The van der Waals surface area contributed by atoms with Crippen molar-refractivity contribution in [3.63, 3.8) is 0 Å². The number of para-hydroxylation sites is 1. The molecule has 0 bridgehead atoms. The molecule has 0 aromatic heterocycles. The molecular weight excluding hydrogens is 489 g/mol. The molecule has 8 nitrogen and oxygen atoms in total. The number of nitrogens with one attached hydrogen (secondary N) is 1. The number of rotatable bonds is 7. The maximum absolute atomic E-state index is 14.1. The van der Waals surface area contributed by atoms with E-state index in [1.165, 1.54) is 6.07 Å². The SMILES string of the molecule is CCOc1cc([C@H]2[C@H]([N+](=O)[O-])[C@@]3(C(=O)Nc4ccccc43)N3CCC[C@@H]23)ccc1OCc1ccccc1F. The van der Waals surface area contributed by atoms with E-state index in [-0.39, 0.29) is 29.3 Å². The molecule has 1 spiro atoms. The molecule has 0 unspecified atom stereocenters. The lowest BCUT2D eigenvalue weighted by Gasteiger charge is -2.32. The van der Waals surface area contributed by atoms with Crippen LogP contribution in [0.3, 0.4) is 0 Å². The summed E-state index contributed by atoms with van der Waals surface area (Å²) in [6.45, 7) is 2.83. The average Bonchev–Trinajstić information content (AvgIpc) is 3.57. The molecular formula is C29H28FN3O5. The van der Waals surface area contributed by atoms with E-state index < -0.39 is 17.5 Å². The molecule has 4 atom stereocenters. The topological polar surface area (TPSA) is 93.9 Å². The van der Waals surface area contributed by atoms with Gasteiger partial charge in [0.2, 0.25) is 0 Å². The van der Waals surface area contributed by atoms with Gasteiger partial charge in [-0.25, -0.2) is 4.39 Å². The Bertz CT molecular complexity index is 1410. The van der Waals surface area contributed by atoms with Gasteiger partial charge in [0, 0.05) is 34.3 Å². The molecule has 1 amide bonds. The number of halogens is 1. The second-order valence-electron chi connectivity index (χ2n) is 9.94. The summed E-state index contributed by atoms with van der Waals surface area (Å²) in [7, 11) is 0. The zero-order valence-corrected chi connectivity index (χ0v) is 20.9. The first kappa shape index (κ1) is 24.4. The number of nitrogens with zero attached hydrogens (tertiary/aromatic N) is 2. The van der Waals surface area contributed by atoms with Crippen molar-refractivity contribution in [1.82, 2.24) is 4.90 Å². The van der Waals surface area contributed by atoms with Crippen molar-refractivity contribution in [1.29, 1.82) is 0 Å². The van der Waals surface area contributed by atoms with E-state index in [0.29, 0.717) is 41.5 Å². The highest BCUT2D eigenvalue weighted by molar-refractivity contribution is 6.07. The number of amides is 1. The summed E-state index contributed by atoms with van der Waals surface area (Å²) in [6.07, 6.45) is 1.60. The maximum atomic E-state index is 14.1. The fourth-order valence-corrected chi connectivity index (χ4v) is 6.67. The number of fused-ring (bicyclic) bond motifs is 4. The number of ether oxygens (including phenoxy) is 2. The van der Waals surface area contributed by atoms with Gasteiger partial charge < -0.3 is 14.8 Å². The minimum atomic E-state index is -1.38. The van der Waals surface area contributed by atoms with E-state index in [1.54, 1.807) is 36.4 Å². The molecule has 38 heavy (non-hydrogen) atoms. The van der Waals surface area contributed by atoms with E-state index in [9.17, 15) is 19.3 Å². The number of hydrogen-bond acceptors (Lipinski definition) is 6. The van der Waals surface area contributed by atoms with Crippen LogP contribution in [0.4, 0.5) is 10.1 Å². The molecule has 2 fully saturated rings. The van der Waals surface area contributed by atoms with Crippen LogP contribution in [0.1, 0.15) is 42.4 Å². The summed E-state index contributed by atoms with van der Waals surface area (Å²) < 4.78 is 25.9. The molecule has 2 saturated heterocycles. The van der Waals surface area contributed by atoms with Crippen LogP contribution < -0.4 is 14.8 Å². The Morgan fingerprint density at radius 1 is 1.11 bits per heavy atom. The molecule has 0 radical (unpaired) electrons. The third kappa shape index (κ3) is 3.56. The predicted molar refractivity (Wildman–Crippen MR) is 138 cm³/mol. The van der Waals surface area contributed by atoms with Gasteiger partial charge in [-0.3, -0.25) is 19.8 Å². The van der Waals surface area contributed by atoms with Crippen molar-refractivity contribution in [3.05, 3.63) is 99.4 Å². The van der Waals surface area contributed by atoms with Crippen LogP contribution in [-0.4, -0.2) is 41.0 Å². The number of carbonyl (C=O) groups excluding carboxylic acids is 1. The summed E-state index contributed by atoms with van der Waals surface area (Å²) in [5.41, 5.74) is 1.05. The molecule has 1 N–H and O–H groups in total. The molecule has 6 rings (SSSR count). The predicted octanol–water partition coefficient (Wildman–Crippen LogP) is 4.86. The van der Waals surface area contributed by atoms with Crippen molar-refractivity contribution in [2.75, 3.05) is 18.5 Å². The van der Waals surface area contributed by atoms with Crippen LogP contribution in [0, 0.1) is 15.9 Å². The van der Waals surface area contributed by atoms with Gasteiger partial charge in [0.15, 0.2) is 17.0 Å². The number of anilines is 1. The van der Waals surface area contributed by atoms with E-state index in [4.69, 9.17) is 9.47 Å². The summed E-state index contributed by atoms with van der Waals surface area (Å²) >= 11 is 0. The molecule has 0 saturated carbocycles. The number of hydrogen-bond donors (Lipinski definition) is 1. The molecule has 0 aliphatic carbocycles. The Morgan fingerprint density at radius 2 is 1.89 bits per heavy atom. The number of benzene rings is 3. The largest absolute Gasteiger partial charge is 0.490 e. The van der Waals surface area contributed by atoms with Crippen LogP contribution in [-0.2, 0) is 16.9 Å². The molecule has 9 heteroatoms. The van der Waals surface area contributed by atoms with Crippen molar-refractivity contribution in [2.24, 2.45) is 0 Å².